The summed E-state index contributed by atoms with van der Waals surface area (Å²) in [5.41, 5.74) is 5.82. The van der Waals surface area contributed by atoms with Crippen molar-refractivity contribution in [3.8, 4) is 0 Å². The van der Waals surface area contributed by atoms with Gasteiger partial charge < -0.3 is 20.2 Å². The Hall–Kier alpha value is -1.33. The molecule has 0 saturated heterocycles. The second-order valence-corrected chi connectivity index (χ2v) is 4.69. The fourth-order valence-corrected chi connectivity index (χ4v) is 1.58. The maximum Gasteiger partial charge on any atom is 0.237 e. The Morgan fingerprint density at radius 2 is 2.37 bits per heavy atom. The Morgan fingerprint density at radius 3 is 3.00 bits per heavy atom. The van der Waals surface area contributed by atoms with Crippen molar-refractivity contribution in [3.05, 3.63) is 24.2 Å². The Balaban J connectivity index is 2.02. The normalized spacial score (nSPS) is 14.1. The minimum Gasteiger partial charge on any atom is -0.467 e. The molecule has 0 saturated carbocycles. The number of nitrogens with one attached hydrogen (secondary N) is 1. The molecule has 2 atom stereocenters. The van der Waals surface area contributed by atoms with Crippen molar-refractivity contribution in [2.75, 3.05) is 13.2 Å². The Labute approximate surface area is 114 Å². The molecular weight excluding hydrogens is 244 g/mol. The lowest BCUT2D eigenvalue weighted by atomic mass is 9.99. The highest BCUT2D eigenvalue weighted by atomic mass is 16.5. The molecule has 0 aliphatic rings. The Bertz CT molecular complexity index is 352. The van der Waals surface area contributed by atoms with E-state index in [2.05, 4.69) is 5.32 Å². The van der Waals surface area contributed by atoms with Crippen LogP contribution in [0.1, 0.15) is 32.4 Å². The van der Waals surface area contributed by atoms with Crippen molar-refractivity contribution in [3.63, 3.8) is 0 Å². The summed E-state index contributed by atoms with van der Waals surface area (Å²) in [5, 5.41) is 2.82. The second kappa shape index (κ2) is 8.72. The molecule has 0 radical (unpaired) electrons. The van der Waals surface area contributed by atoms with Crippen LogP contribution in [-0.2, 0) is 16.1 Å². The van der Waals surface area contributed by atoms with Crippen LogP contribution >= 0.6 is 0 Å². The summed E-state index contributed by atoms with van der Waals surface area (Å²) < 4.78 is 10.5. The van der Waals surface area contributed by atoms with Crippen LogP contribution in [0.15, 0.2) is 22.8 Å². The van der Waals surface area contributed by atoms with Gasteiger partial charge in [0, 0.05) is 13.2 Å². The van der Waals surface area contributed by atoms with Gasteiger partial charge in [-0.05, 0) is 24.5 Å². The zero-order valence-corrected chi connectivity index (χ0v) is 11.7. The summed E-state index contributed by atoms with van der Waals surface area (Å²) in [7, 11) is 0. The standard InChI is InChI=1S/C14H24N2O3/c1-3-11(2)13(15)14(17)16-7-5-8-18-10-12-6-4-9-19-12/h4,6,9,11,13H,3,5,7-8,10,15H2,1-2H3,(H,16,17)/t11-,13-/m0/s1. The average Bonchev–Trinajstić information content (AvgIpc) is 2.93. The van der Waals surface area contributed by atoms with E-state index in [9.17, 15) is 4.79 Å². The van der Waals surface area contributed by atoms with Gasteiger partial charge in [0.2, 0.25) is 5.91 Å². The molecule has 1 amide bonds. The summed E-state index contributed by atoms with van der Waals surface area (Å²) in [5.74, 6) is 0.929. The van der Waals surface area contributed by atoms with E-state index < -0.39 is 6.04 Å². The van der Waals surface area contributed by atoms with Crippen molar-refractivity contribution >= 4 is 5.91 Å². The van der Waals surface area contributed by atoms with E-state index in [1.807, 2.05) is 26.0 Å². The highest BCUT2D eigenvalue weighted by Crippen LogP contribution is 2.05. The lowest BCUT2D eigenvalue weighted by Gasteiger charge is -2.17. The summed E-state index contributed by atoms with van der Waals surface area (Å²) in [4.78, 5) is 11.7. The van der Waals surface area contributed by atoms with Gasteiger partial charge in [-0.15, -0.1) is 0 Å². The fourth-order valence-electron chi connectivity index (χ4n) is 1.58. The molecule has 1 aromatic heterocycles. The molecule has 5 heteroatoms. The van der Waals surface area contributed by atoms with Crippen LogP contribution in [-0.4, -0.2) is 25.1 Å². The van der Waals surface area contributed by atoms with E-state index in [-0.39, 0.29) is 11.8 Å². The molecule has 0 aliphatic heterocycles. The minimum atomic E-state index is -0.422. The maximum atomic E-state index is 11.7. The highest BCUT2D eigenvalue weighted by Gasteiger charge is 2.18. The van der Waals surface area contributed by atoms with E-state index >= 15 is 0 Å². The quantitative estimate of drug-likeness (QED) is 0.668. The number of carbonyl (C=O) groups excluding carboxylic acids is 1. The summed E-state index contributed by atoms with van der Waals surface area (Å²) >= 11 is 0. The van der Waals surface area contributed by atoms with Crippen LogP contribution in [0.3, 0.4) is 0 Å². The summed E-state index contributed by atoms with van der Waals surface area (Å²) in [6.45, 7) is 5.64. The number of amides is 1. The van der Waals surface area contributed by atoms with Crippen LogP contribution in [0.2, 0.25) is 0 Å². The molecule has 0 bridgehead atoms. The average molecular weight is 268 g/mol. The number of ether oxygens (including phenoxy) is 1. The van der Waals surface area contributed by atoms with Crippen LogP contribution in [0.25, 0.3) is 0 Å². The first-order valence-electron chi connectivity index (χ1n) is 6.78. The number of furan rings is 1. The van der Waals surface area contributed by atoms with Crippen molar-refractivity contribution in [1.29, 1.82) is 0 Å². The predicted octanol–water partition coefficient (Wildman–Crippen LogP) is 1.68. The van der Waals surface area contributed by atoms with Crippen LogP contribution < -0.4 is 11.1 Å². The third-order valence-electron chi connectivity index (χ3n) is 3.15. The van der Waals surface area contributed by atoms with Gasteiger partial charge in [-0.3, -0.25) is 4.79 Å². The molecule has 5 nitrogen and oxygen atoms in total. The highest BCUT2D eigenvalue weighted by molar-refractivity contribution is 5.81. The molecule has 0 fully saturated rings. The van der Waals surface area contributed by atoms with Crippen LogP contribution in [0.5, 0.6) is 0 Å². The van der Waals surface area contributed by atoms with Gasteiger partial charge in [0.05, 0.1) is 12.3 Å². The molecule has 0 aromatic carbocycles. The van der Waals surface area contributed by atoms with Crippen molar-refractivity contribution in [2.24, 2.45) is 11.7 Å². The molecule has 0 spiro atoms. The van der Waals surface area contributed by atoms with Crippen molar-refractivity contribution in [2.45, 2.75) is 39.3 Å². The van der Waals surface area contributed by atoms with Gasteiger partial charge in [0.15, 0.2) is 0 Å². The topological polar surface area (TPSA) is 77.5 Å². The number of carbonyl (C=O) groups is 1. The van der Waals surface area contributed by atoms with Gasteiger partial charge in [-0.1, -0.05) is 20.3 Å². The molecule has 1 rings (SSSR count). The molecule has 0 unspecified atom stereocenters. The SMILES string of the molecule is CC[C@H](C)[C@H](N)C(=O)NCCCOCc1ccco1. The molecule has 3 N–H and O–H groups in total. The monoisotopic (exact) mass is 268 g/mol. The van der Waals surface area contributed by atoms with Gasteiger partial charge in [0.25, 0.3) is 0 Å². The van der Waals surface area contributed by atoms with E-state index in [1.165, 1.54) is 0 Å². The van der Waals surface area contributed by atoms with E-state index in [0.717, 1.165) is 18.6 Å². The van der Waals surface area contributed by atoms with Crippen molar-refractivity contribution < 1.29 is 13.9 Å². The molecule has 1 heterocycles. The van der Waals surface area contributed by atoms with Gasteiger partial charge >= 0.3 is 0 Å². The first-order valence-corrected chi connectivity index (χ1v) is 6.78. The zero-order chi connectivity index (χ0) is 14.1. The molecule has 1 aromatic rings. The first kappa shape index (κ1) is 15.7. The Kier molecular flexibility index (Phi) is 7.22. The predicted molar refractivity (Wildman–Crippen MR) is 73.4 cm³/mol. The lowest BCUT2D eigenvalue weighted by Crippen LogP contribution is -2.44. The number of nitrogens with two attached hydrogens (primary N) is 1. The fraction of sp³-hybridized carbons (Fsp3) is 0.643. The third kappa shape index (κ3) is 5.89. The summed E-state index contributed by atoms with van der Waals surface area (Å²) in [6.07, 6.45) is 3.29. The maximum absolute atomic E-state index is 11.7. The third-order valence-corrected chi connectivity index (χ3v) is 3.15. The number of hydrogen-bond donors (Lipinski definition) is 2. The van der Waals surface area contributed by atoms with Gasteiger partial charge in [-0.2, -0.15) is 0 Å². The van der Waals surface area contributed by atoms with E-state index in [4.69, 9.17) is 14.9 Å². The van der Waals surface area contributed by atoms with Gasteiger partial charge in [-0.25, -0.2) is 0 Å². The molecule has 19 heavy (non-hydrogen) atoms. The molecule has 0 aliphatic carbocycles. The molecule has 108 valence electrons. The minimum absolute atomic E-state index is 0.0830. The van der Waals surface area contributed by atoms with E-state index in [1.54, 1.807) is 6.26 Å². The first-order chi connectivity index (χ1) is 9.15. The molecular formula is C14H24N2O3. The number of hydrogen-bond acceptors (Lipinski definition) is 4. The van der Waals surface area contributed by atoms with E-state index in [0.29, 0.717) is 19.8 Å². The zero-order valence-electron chi connectivity index (χ0n) is 11.7. The van der Waals surface area contributed by atoms with Gasteiger partial charge in [0.1, 0.15) is 12.4 Å². The van der Waals surface area contributed by atoms with Crippen molar-refractivity contribution in [1.82, 2.24) is 5.32 Å². The lowest BCUT2D eigenvalue weighted by molar-refractivity contribution is -0.123. The van der Waals surface area contributed by atoms with Crippen LogP contribution in [0.4, 0.5) is 0 Å². The smallest absolute Gasteiger partial charge is 0.237 e. The largest absolute Gasteiger partial charge is 0.467 e. The number of rotatable bonds is 9. The van der Waals surface area contributed by atoms with Crippen LogP contribution in [0, 0.1) is 5.92 Å². The Morgan fingerprint density at radius 1 is 1.58 bits per heavy atom. The summed E-state index contributed by atoms with van der Waals surface area (Å²) in [6, 6.07) is 3.27. The second-order valence-electron chi connectivity index (χ2n) is 4.69.